The van der Waals surface area contributed by atoms with Gasteiger partial charge in [-0.2, -0.15) is 0 Å². The van der Waals surface area contributed by atoms with Gasteiger partial charge in [-0.1, -0.05) is 52.4 Å². The minimum absolute atomic E-state index is 0.0827. The number of rotatable bonds is 15. The summed E-state index contributed by atoms with van der Waals surface area (Å²) in [5.74, 6) is 0.842. The van der Waals surface area contributed by atoms with Crippen molar-refractivity contribution in [3.8, 4) is 5.75 Å². The van der Waals surface area contributed by atoms with E-state index in [-0.39, 0.29) is 5.69 Å². The molecule has 0 spiro atoms. The smallest absolute Gasteiger partial charge is 0.269 e. The molecular weight excluding hydrogens is 378 g/mol. The molecule has 0 amide bonds. The van der Waals surface area contributed by atoms with Gasteiger partial charge >= 0.3 is 0 Å². The molecule has 0 aromatic heterocycles. The van der Waals surface area contributed by atoms with E-state index in [1.54, 1.807) is 12.1 Å². The van der Waals surface area contributed by atoms with Gasteiger partial charge in [0.1, 0.15) is 5.75 Å². The standard InChI is InChI=1S/C24H35N3O3/c1-3-5-7-9-17-25-23-16-13-21(19-24(23)30-18-10-8-6-4-2)26-20-11-14-22(15-12-20)27(28)29/h11-16,19,25-26H,3-10,17-18H2,1-2H3. The molecule has 2 N–H and O–H groups in total. The highest BCUT2D eigenvalue weighted by Gasteiger charge is 2.08. The first-order valence-corrected chi connectivity index (χ1v) is 11.2. The van der Waals surface area contributed by atoms with Gasteiger partial charge in [0.05, 0.1) is 17.2 Å². The molecule has 30 heavy (non-hydrogen) atoms. The highest BCUT2D eigenvalue weighted by atomic mass is 16.6. The molecule has 164 valence electrons. The highest BCUT2D eigenvalue weighted by molar-refractivity contribution is 5.68. The Morgan fingerprint density at radius 2 is 1.53 bits per heavy atom. The average molecular weight is 414 g/mol. The Bertz CT molecular complexity index is 763. The Kier molecular flexibility index (Phi) is 10.6. The molecule has 2 aromatic rings. The molecule has 6 heteroatoms. The van der Waals surface area contributed by atoms with E-state index in [9.17, 15) is 10.1 Å². The minimum atomic E-state index is -0.394. The van der Waals surface area contributed by atoms with Gasteiger partial charge in [-0.15, -0.1) is 0 Å². The van der Waals surface area contributed by atoms with Crippen LogP contribution in [-0.2, 0) is 0 Å². The van der Waals surface area contributed by atoms with E-state index in [1.807, 2.05) is 18.2 Å². The molecule has 0 fully saturated rings. The summed E-state index contributed by atoms with van der Waals surface area (Å²) in [5, 5.41) is 17.6. The first-order chi connectivity index (χ1) is 14.6. The summed E-state index contributed by atoms with van der Waals surface area (Å²) in [6.45, 7) is 6.05. The van der Waals surface area contributed by atoms with Gasteiger partial charge in [0.25, 0.3) is 5.69 Å². The molecule has 0 saturated carbocycles. The van der Waals surface area contributed by atoms with E-state index in [0.29, 0.717) is 6.61 Å². The van der Waals surface area contributed by atoms with Crippen LogP contribution < -0.4 is 15.4 Å². The van der Waals surface area contributed by atoms with E-state index in [4.69, 9.17) is 4.74 Å². The van der Waals surface area contributed by atoms with Crippen molar-refractivity contribution in [3.05, 3.63) is 52.6 Å². The van der Waals surface area contributed by atoms with Crippen LogP contribution in [0.4, 0.5) is 22.7 Å². The number of hydrogen-bond donors (Lipinski definition) is 2. The van der Waals surface area contributed by atoms with Crippen molar-refractivity contribution in [1.29, 1.82) is 0 Å². The predicted molar refractivity (Wildman–Crippen MR) is 125 cm³/mol. The first-order valence-electron chi connectivity index (χ1n) is 11.2. The quantitative estimate of drug-likeness (QED) is 0.182. The highest BCUT2D eigenvalue weighted by Crippen LogP contribution is 2.30. The minimum Gasteiger partial charge on any atom is -0.491 e. The van der Waals surface area contributed by atoms with Crippen molar-refractivity contribution in [2.24, 2.45) is 0 Å². The maximum atomic E-state index is 10.8. The Balaban J connectivity index is 2.02. The lowest BCUT2D eigenvalue weighted by atomic mass is 10.2. The zero-order valence-electron chi connectivity index (χ0n) is 18.3. The lowest BCUT2D eigenvalue weighted by molar-refractivity contribution is -0.384. The molecule has 2 rings (SSSR count). The second-order valence-corrected chi connectivity index (χ2v) is 7.54. The molecule has 0 heterocycles. The van der Waals surface area contributed by atoms with Crippen molar-refractivity contribution in [1.82, 2.24) is 0 Å². The third kappa shape index (κ3) is 8.31. The molecular formula is C24H35N3O3. The normalized spacial score (nSPS) is 10.6. The molecule has 0 aliphatic rings. The zero-order valence-corrected chi connectivity index (χ0v) is 18.3. The van der Waals surface area contributed by atoms with Gasteiger partial charge in [0.2, 0.25) is 0 Å². The van der Waals surface area contributed by atoms with Gasteiger partial charge in [-0.25, -0.2) is 0 Å². The number of non-ortho nitro benzene ring substituents is 1. The van der Waals surface area contributed by atoms with Crippen LogP contribution in [0.3, 0.4) is 0 Å². The number of hydrogen-bond acceptors (Lipinski definition) is 5. The molecule has 2 aromatic carbocycles. The van der Waals surface area contributed by atoms with Crippen LogP contribution in [0, 0.1) is 10.1 Å². The molecule has 0 aliphatic heterocycles. The van der Waals surface area contributed by atoms with Crippen LogP contribution in [0.1, 0.15) is 65.2 Å². The van der Waals surface area contributed by atoms with Crippen LogP contribution in [0.2, 0.25) is 0 Å². The molecule has 0 radical (unpaired) electrons. The number of nitro groups is 1. The van der Waals surface area contributed by atoms with Crippen LogP contribution in [0.15, 0.2) is 42.5 Å². The Morgan fingerprint density at radius 1 is 0.867 bits per heavy atom. The number of ether oxygens (including phenoxy) is 1. The van der Waals surface area contributed by atoms with Crippen molar-refractivity contribution in [2.75, 3.05) is 23.8 Å². The molecule has 0 atom stereocenters. The fourth-order valence-electron chi connectivity index (χ4n) is 3.18. The van der Waals surface area contributed by atoms with Crippen molar-refractivity contribution in [2.45, 2.75) is 65.2 Å². The van der Waals surface area contributed by atoms with Gasteiger partial charge in [0, 0.05) is 36.1 Å². The second-order valence-electron chi connectivity index (χ2n) is 7.54. The van der Waals surface area contributed by atoms with Gasteiger partial charge < -0.3 is 15.4 Å². The second kappa shape index (κ2) is 13.5. The molecule has 0 aliphatic carbocycles. The number of nitrogens with one attached hydrogen (secondary N) is 2. The maximum absolute atomic E-state index is 10.8. The largest absolute Gasteiger partial charge is 0.491 e. The molecule has 0 saturated heterocycles. The average Bonchev–Trinajstić information content (AvgIpc) is 2.75. The summed E-state index contributed by atoms with van der Waals surface area (Å²) in [4.78, 5) is 10.4. The summed E-state index contributed by atoms with van der Waals surface area (Å²) in [7, 11) is 0. The van der Waals surface area contributed by atoms with E-state index < -0.39 is 4.92 Å². The van der Waals surface area contributed by atoms with E-state index in [2.05, 4.69) is 24.5 Å². The van der Waals surface area contributed by atoms with Crippen molar-refractivity contribution >= 4 is 22.7 Å². The maximum Gasteiger partial charge on any atom is 0.269 e. The monoisotopic (exact) mass is 413 g/mol. The number of nitro benzene ring substituents is 1. The Hall–Kier alpha value is -2.76. The van der Waals surface area contributed by atoms with E-state index in [1.165, 1.54) is 50.7 Å². The lowest BCUT2D eigenvalue weighted by Crippen LogP contribution is -2.06. The van der Waals surface area contributed by atoms with Crippen LogP contribution in [0.25, 0.3) is 0 Å². The van der Waals surface area contributed by atoms with E-state index in [0.717, 1.165) is 42.2 Å². The Labute approximate surface area is 180 Å². The fourth-order valence-corrected chi connectivity index (χ4v) is 3.18. The number of nitrogens with zero attached hydrogens (tertiary/aromatic N) is 1. The summed E-state index contributed by atoms with van der Waals surface area (Å²) in [6, 6.07) is 12.5. The van der Waals surface area contributed by atoms with Gasteiger partial charge in [0.15, 0.2) is 0 Å². The third-order valence-corrected chi connectivity index (χ3v) is 4.95. The van der Waals surface area contributed by atoms with Crippen LogP contribution in [0.5, 0.6) is 5.75 Å². The summed E-state index contributed by atoms with van der Waals surface area (Å²) >= 11 is 0. The van der Waals surface area contributed by atoms with Crippen LogP contribution in [-0.4, -0.2) is 18.1 Å². The van der Waals surface area contributed by atoms with Crippen LogP contribution >= 0.6 is 0 Å². The SMILES string of the molecule is CCCCCCNc1ccc(Nc2ccc([N+](=O)[O-])cc2)cc1OCCCCCC. The summed E-state index contributed by atoms with van der Waals surface area (Å²) in [5.41, 5.74) is 2.79. The van der Waals surface area contributed by atoms with Gasteiger partial charge in [-0.3, -0.25) is 10.1 Å². The summed E-state index contributed by atoms with van der Waals surface area (Å²) < 4.78 is 6.10. The fraction of sp³-hybridized carbons (Fsp3) is 0.500. The zero-order chi connectivity index (χ0) is 21.6. The molecule has 0 unspecified atom stereocenters. The Morgan fingerprint density at radius 3 is 2.20 bits per heavy atom. The third-order valence-electron chi connectivity index (χ3n) is 4.95. The summed E-state index contributed by atoms with van der Waals surface area (Å²) in [6.07, 6.45) is 9.53. The van der Waals surface area contributed by atoms with E-state index >= 15 is 0 Å². The predicted octanol–water partition coefficient (Wildman–Crippen LogP) is 7.29. The number of anilines is 3. The van der Waals surface area contributed by atoms with Gasteiger partial charge in [-0.05, 0) is 37.1 Å². The molecule has 6 nitrogen and oxygen atoms in total. The van der Waals surface area contributed by atoms with Crippen molar-refractivity contribution in [3.63, 3.8) is 0 Å². The molecule has 0 bridgehead atoms. The number of unbranched alkanes of at least 4 members (excludes halogenated alkanes) is 6. The topological polar surface area (TPSA) is 76.4 Å². The first kappa shape index (κ1) is 23.5. The lowest BCUT2D eigenvalue weighted by Gasteiger charge is -2.16. The van der Waals surface area contributed by atoms with Crippen molar-refractivity contribution < 1.29 is 9.66 Å². The number of benzene rings is 2.